The van der Waals surface area contributed by atoms with Crippen LogP contribution in [0.4, 0.5) is 0 Å². The quantitative estimate of drug-likeness (QED) is 0.736. The monoisotopic (exact) mass is 262 g/mol. The molecule has 0 atom stereocenters. The van der Waals surface area contributed by atoms with E-state index >= 15 is 0 Å². The Hall–Kier alpha value is -0.990. The first kappa shape index (κ1) is 14.1. The number of nitrogens with zero attached hydrogens (tertiary/aromatic N) is 2. The Morgan fingerprint density at radius 1 is 1.41 bits per heavy atom. The molecule has 17 heavy (non-hydrogen) atoms. The van der Waals surface area contributed by atoms with Crippen LogP contribution in [0.1, 0.15) is 25.6 Å². The molecule has 0 spiro atoms. The summed E-state index contributed by atoms with van der Waals surface area (Å²) in [6.45, 7) is 6.20. The topological polar surface area (TPSA) is 97.1 Å². The molecule has 0 saturated carbocycles. The van der Waals surface area contributed by atoms with Crippen molar-refractivity contribution in [3.8, 4) is 0 Å². The lowest BCUT2D eigenvalue weighted by Crippen LogP contribution is -2.49. The van der Waals surface area contributed by atoms with Crippen LogP contribution in [0.15, 0.2) is 4.52 Å². The Morgan fingerprint density at radius 3 is 2.53 bits per heavy atom. The van der Waals surface area contributed by atoms with Gasteiger partial charge in [-0.3, -0.25) is 0 Å². The summed E-state index contributed by atoms with van der Waals surface area (Å²) in [5, 5.41) is 6.79. The van der Waals surface area contributed by atoms with Crippen LogP contribution >= 0.6 is 0 Å². The third-order valence-corrected chi connectivity index (χ3v) is 2.80. The zero-order valence-corrected chi connectivity index (χ0v) is 11.3. The molecule has 1 aromatic heterocycles. The summed E-state index contributed by atoms with van der Waals surface area (Å²) in [7, 11) is -3.21. The Labute approximate surface area is 101 Å². The first-order valence-corrected chi connectivity index (χ1v) is 7.06. The van der Waals surface area contributed by atoms with E-state index in [2.05, 4.69) is 20.2 Å². The van der Waals surface area contributed by atoms with Crippen molar-refractivity contribution in [3.63, 3.8) is 0 Å². The van der Waals surface area contributed by atoms with Gasteiger partial charge in [-0.25, -0.2) is 13.1 Å². The van der Waals surface area contributed by atoms with Crippen molar-refractivity contribution in [1.82, 2.24) is 20.2 Å². The summed E-state index contributed by atoms with van der Waals surface area (Å²) >= 11 is 0. The number of rotatable bonds is 6. The molecule has 0 aliphatic carbocycles. The third kappa shape index (κ3) is 5.76. The molecule has 0 amide bonds. The molecule has 0 aliphatic rings. The Bertz CT molecular complexity index is 466. The van der Waals surface area contributed by atoms with Crippen molar-refractivity contribution in [1.29, 1.82) is 0 Å². The summed E-state index contributed by atoms with van der Waals surface area (Å²) in [5.74, 6) is 1.06. The van der Waals surface area contributed by atoms with Crippen LogP contribution in [0.2, 0.25) is 0 Å². The standard InChI is InChI=1S/C9H18N4O3S/c1-7-11-8(12-16-7)5-10-6-9(2,3)13-17(4,14)15/h10,13H,5-6H2,1-4H3. The number of sulfonamides is 1. The zero-order valence-electron chi connectivity index (χ0n) is 10.4. The predicted molar refractivity (Wildman–Crippen MR) is 62.8 cm³/mol. The first-order chi connectivity index (χ1) is 7.68. The summed E-state index contributed by atoms with van der Waals surface area (Å²) in [4.78, 5) is 4.03. The maximum atomic E-state index is 11.1. The van der Waals surface area contributed by atoms with Gasteiger partial charge in [0.05, 0.1) is 12.8 Å². The van der Waals surface area contributed by atoms with Gasteiger partial charge in [-0.05, 0) is 13.8 Å². The fraction of sp³-hybridized carbons (Fsp3) is 0.778. The first-order valence-electron chi connectivity index (χ1n) is 5.17. The SMILES string of the molecule is Cc1nc(CNCC(C)(C)NS(C)(=O)=O)no1. The van der Waals surface area contributed by atoms with Crippen LogP contribution in [0.3, 0.4) is 0 Å². The van der Waals surface area contributed by atoms with Crippen LogP contribution < -0.4 is 10.0 Å². The van der Waals surface area contributed by atoms with E-state index in [1.165, 1.54) is 0 Å². The maximum absolute atomic E-state index is 11.1. The molecule has 0 unspecified atom stereocenters. The van der Waals surface area contributed by atoms with Gasteiger partial charge in [-0.15, -0.1) is 0 Å². The van der Waals surface area contributed by atoms with Crippen molar-refractivity contribution < 1.29 is 12.9 Å². The average molecular weight is 262 g/mol. The smallest absolute Gasteiger partial charge is 0.223 e. The summed E-state index contributed by atoms with van der Waals surface area (Å²) < 4.78 is 29.6. The Morgan fingerprint density at radius 2 is 2.06 bits per heavy atom. The number of aromatic nitrogens is 2. The second-order valence-corrected chi connectivity index (χ2v) is 6.34. The second kappa shape index (κ2) is 5.11. The molecule has 1 heterocycles. The normalized spacial score (nSPS) is 12.9. The van der Waals surface area contributed by atoms with E-state index in [0.29, 0.717) is 24.8 Å². The summed E-state index contributed by atoms with van der Waals surface area (Å²) in [6.07, 6.45) is 1.14. The van der Waals surface area contributed by atoms with E-state index in [9.17, 15) is 8.42 Å². The molecule has 0 bridgehead atoms. The minimum Gasteiger partial charge on any atom is -0.340 e. The highest BCUT2D eigenvalue weighted by Gasteiger charge is 2.21. The summed E-state index contributed by atoms with van der Waals surface area (Å²) in [6, 6.07) is 0. The largest absolute Gasteiger partial charge is 0.340 e. The van der Waals surface area contributed by atoms with Gasteiger partial charge in [0.15, 0.2) is 5.82 Å². The molecule has 8 heteroatoms. The molecule has 98 valence electrons. The number of hydrogen-bond acceptors (Lipinski definition) is 6. The highest BCUT2D eigenvalue weighted by Crippen LogP contribution is 2.02. The lowest BCUT2D eigenvalue weighted by molar-refractivity contribution is 0.380. The van der Waals surface area contributed by atoms with Crippen molar-refractivity contribution in [2.24, 2.45) is 0 Å². The van der Waals surface area contributed by atoms with Crippen LogP contribution in [-0.4, -0.2) is 36.9 Å². The van der Waals surface area contributed by atoms with Crippen LogP contribution in [0.25, 0.3) is 0 Å². The molecule has 7 nitrogen and oxygen atoms in total. The van der Waals surface area contributed by atoms with E-state index in [4.69, 9.17) is 4.52 Å². The van der Waals surface area contributed by atoms with Crippen molar-refractivity contribution in [2.45, 2.75) is 32.9 Å². The molecule has 0 radical (unpaired) electrons. The molecule has 0 aliphatic heterocycles. The highest BCUT2D eigenvalue weighted by molar-refractivity contribution is 7.88. The van der Waals surface area contributed by atoms with Gasteiger partial charge in [0.1, 0.15) is 0 Å². The fourth-order valence-electron chi connectivity index (χ4n) is 1.44. The van der Waals surface area contributed by atoms with E-state index in [-0.39, 0.29) is 0 Å². The molecular weight excluding hydrogens is 244 g/mol. The predicted octanol–water partition coefficient (Wildman–Crippen LogP) is -0.205. The molecule has 2 N–H and O–H groups in total. The second-order valence-electron chi connectivity index (χ2n) is 4.59. The minimum atomic E-state index is -3.21. The molecule has 1 rings (SSSR count). The van der Waals surface area contributed by atoms with Crippen LogP contribution in [-0.2, 0) is 16.6 Å². The number of hydrogen-bond donors (Lipinski definition) is 2. The molecule has 0 saturated heterocycles. The van der Waals surface area contributed by atoms with Gasteiger partial charge in [0.2, 0.25) is 15.9 Å². The van der Waals surface area contributed by atoms with E-state index < -0.39 is 15.6 Å². The van der Waals surface area contributed by atoms with Gasteiger partial charge in [-0.2, -0.15) is 4.98 Å². The van der Waals surface area contributed by atoms with Gasteiger partial charge < -0.3 is 9.84 Å². The summed E-state index contributed by atoms with van der Waals surface area (Å²) in [5.41, 5.74) is -0.563. The molecular formula is C9H18N4O3S. The van der Waals surface area contributed by atoms with Crippen molar-refractivity contribution in [3.05, 3.63) is 11.7 Å². The zero-order chi connectivity index (χ0) is 13.1. The van der Waals surface area contributed by atoms with Gasteiger partial charge >= 0.3 is 0 Å². The van der Waals surface area contributed by atoms with E-state index in [1.807, 2.05) is 0 Å². The van der Waals surface area contributed by atoms with E-state index in [0.717, 1.165) is 6.26 Å². The Balaban J connectivity index is 2.40. The lowest BCUT2D eigenvalue weighted by atomic mass is 10.1. The average Bonchev–Trinajstić information content (AvgIpc) is 2.46. The fourth-order valence-corrected chi connectivity index (χ4v) is 2.51. The van der Waals surface area contributed by atoms with E-state index in [1.54, 1.807) is 20.8 Å². The molecule has 0 fully saturated rings. The van der Waals surface area contributed by atoms with Crippen molar-refractivity contribution in [2.75, 3.05) is 12.8 Å². The number of nitrogens with one attached hydrogen (secondary N) is 2. The van der Waals surface area contributed by atoms with Crippen LogP contribution in [0, 0.1) is 6.92 Å². The van der Waals surface area contributed by atoms with Gasteiger partial charge in [0, 0.05) is 19.0 Å². The Kier molecular flexibility index (Phi) is 4.23. The van der Waals surface area contributed by atoms with Gasteiger partial charge in [0.25, 0.3) is 0 Å². The maximum Gasteiger partial charge on any atom is 0.223 e. The highest BCUT2D eigenvalue weighted by atomic mass is 32.2. The lowest BCUT2D eigenvalue weighted by Gasteiger charge is -2.25. The minimum absolute atomic E-state index is 0.437. The van der Waals surface area contributed by atoms with Crippen molar-refractivity contribution >= 4 is 10.0 Å². The van der Waals surface area contributed by atoms with Gasteiger partial charge in [-0.1, -0.05) is 5.16 Å². The third-order valence-electron chi connectivity index (χ3n) is 1.88. The molecule has 1 aromatic rings. The number of aryl methyl sites for hydroxylation is 1. The van der Waals surface area contributed by atoms with Crippen LogP contribution in [0.5, 0.6) is 0 Å². The molecule has 0 aromatic carbocycles.